The number of amides is 3. The lowest BCUT2D eigenvalue weighted by molar-refractivity contribution is -0.135. The molecule has 0 aliphatic heterocycles. The number of rotatable bonds is 14. The number of carbonyl (C=O) groups excluding carboxylic acids is 3. The van der Waals surface area contributed by atoms with Crippen LogP contribution in [0.1, 0.15) is 45.1 Å². The summed E-state index contributed by atoms with van der Waals surface area (Å²) in [5.74, 6) is -1.11. The molecule has 0 fully saturated rings. The molecule has 1 aromatic carbocycles. The highest BCUT2D eigenvalue weighted by Crippen LogP contribution is 2.22. The third-order valence-electron chi connectivity index (χ3n) is 6.40. The monoisotopic (exact) mass is 498 g/mol. The van der Waals surface area contributed by atoms with Crippen LogP contribution in [0.5, 0.6) is 0 Å². The number of allylic oxidation sites excluding steroid dienone is 2. The zero-order valence-electron chi connectivity index (χ0n) is 21.6. The Bertz CT molecular complexity index is 938. The third-order valence-corrected chi connectivity index (χ3v) is 6.40. The summed E-state index contributed by atoms with van der Waals surface area (Å²) in [5.41, 5.74) is 21.9. The molecule has 0 spiro atoms. The molecule has 8 N–H and O–H groups in total. The van der Waals surface area contributed by atoms with E-state index in [1.54, 1.807) is 0 Å². The van der Waals surface area contributed by atoms with Gasteiger partial charge in [-0.15, -0.1) is 0 Å². The fraction of sp³-hybridized carbons (Fsp3) is 0.519. The topological polar surface area (TPSA) is 157 Å². The van der Waals surface area contributed by atoms with Crippen molar-refractivity contribution in [1.29, 1.82) is 0 Å². The second-order valence-corrected chi connectivity index (χ2v) is 9.37. The maximum Gasteiger partial charge on any atom is 0.242 e. The van der Waals surface area contributed by atoms with Crippen LogP contribution < -0.4 is 27.8 Å². The third kappa shape index (κ3) is 9.56. The van der Waals surface area contributed by atoms with Crippen molar-refractivity contribution in [2.75, 3.05) is 32.7 Å². The Kier molecular flexibility index (Phi) is 12.3. The normalized spacial score (nSPS) is 15.1. The van der Waals surface area contributed by atoms with E-state index in [0.717, 1.165) is 24.0 Å². The van der Waals surface area contributed by atoms with E-state index in [9.17, 15) is 14.4 Å². The highest BCUT2D eigenvalue weighted by atomic mass is 16.2. The highest BCUT2D eigenvalue weighted by Gasteiger charge is 2.26. The number of benzene rings is 1. The van der Waals surface area contributed by atoms with Crippen LogP contribution in [0.3, 0.4) is 0 Å². The molecular formula is C27H42N6O3. The van der Waals surface area contributed by atoms with Crippen molar-refractivity contribution in [3.8, 4) is 0 Å². The van der Waals surface area contributed by atoms with Crippen LogP contribution in [-0.2, 0) is 20.8 Å². The minimum Gasteiger partial charge on any atom is -0.350 e. The fourth-order valence-electron chi connectivity index (χ4n) is 4.13. The van der Waals surface area contributed by atoms with E-state index in [1.807, 2.05) is 30.3 Å². The maximum absolute atomic E-state index is 13.1. The quantitative estimate of drug-likeness (QED) is 0.255. The predicted molar refractivity (Wildman–Crippen MR) is 143 cm³/mol. The van der Waals surface area contributed by atoms with Gasteiger partial charge in [0.05, 0.1) is 12.5 Å². The van der Waals surface area contributed by atoms with Gasteiger partial charge in [-0.05, 0) is 50.7 Å². The summed E-state index contributed by atoms with van der Waals surface area (Å²) in [5, 5.41) is 5.75. The van der Waals surface area contributed by atoms with Gasteiger partial charge in [0.15, 0.2) is 0 Å². The summed E-state index contributed by atoms with van der Waals surface area (Å²) < 4.78 is 0. The van der Waals surface area contributed by atoms with Gasteiger partial charge in [-0.1, -0.05) is 47.6 Å². The lowest BCUT2D eigenvalue weighted by Gasteiger charge is -2.24. The lowest BCUT2D eigenvalue weighted by atomic mass is 9.94. The van der Waals surface area contributed by atoms with E-state index in [4.69, 9.17) is 17.2 Å². The molecule has 2 rings (SSSR count). The molecular weight excluding hydrogens is 456 g/mol. The molecule has 0 saturated heterocycles. The number of nitrogens with zero attached hydrogens (tertiary/aromatic N) is 1. The van der Waals surface area contributed by atoms with Crippen LogP contribution in [0.15, 0.2) is 53.1 Å². The summed E-state index contributed by atoms with van der Waals surface area (Å²) in [7, 11) is 0. The van der Waals surface area contributed by atoms with Gasteiger partial charge < -0.3 is 32.7 Å². The summed E-state index contributed by atoms with van der Waals surface area (Å²) in [6, 6.07) is 7.90. The predicted octanol–water partition coefficient (Wildman–Crippen LogP) is 0.740. The van der Waals surface area contributed by atoms with Crippen LogP contribution in [-0.4, -0.2) is 67.4 Å². The molecule has 36 heavy (non-hydrogen) atoms. The molecule has 3 amide bonds. The summed E-state index contributed by atoms with van der Waals surface area (Å²) in [6.45, 7) is 5.83. The summed E-state index contributed by atoms with van der Waals surface area (Å²) in [4.78, 5) is 40.1. The average Bonchev–Trinajstić information content (AvgIpc) is 2.87. The Hall–Kier alpha value is -3.01. The molecule has 0 heterocycles. The van der Waals surface area contributed by atoms with Crippen LogP contribution in [0.25, 0.3) is 0 Å². The molecule has 9 heteroatoms. The van der Waals surface area contributed by atoms with Gasteiger partial charge in [-0.25, -0.2) is 0 Å². The number of nitrogens with one attached hydrogen (secondary N) is 2. The number of nitrogens with two attached hydrogens (primary N) is 3. The molecule has 1 aliphatic rings. The van der Waals surface area contributed by atoms with E-state index in [0.29, 0.717) is 45.6 Å². The zero-order valence-corrected chi connectivity index (χ0v) is 21.6. The number of hydrogen-bond acceptors (Lipinski definition) is 6. The highest BCUT2D eigenvalue weighted by molar-refractivity contribution is 5.92. The smallest absolute Gasteiger partial charge is 0.242 e. The number of hydrogen-bond donors (Lipinski definition) is 5. The molecule has 9 nitrogen and oxygen atoms in total. The number of aryl methyl sites for hydroxylation is 1. The van der Waals surface area contributed by atoms with E-state index < -0.39 is 18.0 Å². The molecule has 2 unspecified atom stereocenters. The van der Waals surface area contributed by atoms with E-state index in [1.165, 1.54) is 16.0 Å². The Labute approximate surface area is 214 Å². The minimum absolute atomic E-state index is 0.186. The van der Waals surface area contributed by atoms with Crippen LogP contribution in [0.4, 0.5) is 0 Å². The molecule has 1 aromatic rings. The average molecular weight is 499 g/mol. The SMILES string of the molecule is CC1=CC(CNC(=O)C(CCc2ccccc2)NC(=O)C(N)CC(=O)N(CCN)CCN)=C(C)CC1. The van der Waals surface area contributed by atoms with Gasteiger partial charge in [0, 0.05) is 32.7 Å². The first-order chi connectivity index (χ1) is 17.2. The van der Waals surface area contributed by atoms with Crippen molar-refractivity contribution in [3.63, 3.8) is 0 Å². The van der Waals surface area contributed by atoms with Gasteiger partial charge in [-0.2, -0.15) is 0 Å². The molecule has 0 aromatic heterocycles. The Balaban J connectivity index is 2.04. The molecule has 0 bridgehead atoms. The lowest BCUT2D eigenvalue weighted by Crippen LogP contribution is -2.53. The van der Waals surface area contributed by atoms with E-state index in [-0.39, 0.29) is 18.2 Å². The van der Waals surface area contributed by atoms with E-state index >= 15 is 0 Å². The molecule has 0 radical (unpaired) electrons. The maximum atomic E-state index is 13.1. The standard InChI is InChI=1S/C27H42N6O3/c1-19-8-9-20(2)22(16-19)18-31-27(36)24(11-10-21-6-4-3-5-7-21)32-26(35)23(30)17-25(34)33(14-12-28)15-13-29/h3-7,16,23-24H,8-15,17-18,28-30H2,1-2H3,(H,31,36)(H,32,35). The van der Waals surface area contributed by atoms with Crippen molar-refractivity contribution >= 4 is 17.7 Å². The van der Waals surface area contributed by atoms with Crippen molar-refractivity contribution in [2.45, 2.75) is 58.0 Å². The zero-order chi connectivity index (χ0) is 26.5. The van der Waals surface area contributed by atoms with Crippen LogP contribution in [0, 0.1) is 0 Å². The van der Waals surface area contributed by atoms with Crippen molar-refractivity contribution in [2.24, 2.45) is 17.2 Å². The molecule has 1 aliphatic carbocycles. The van der Waals surface area contributed by atoms with Gasteiger partial charge in [0.25, 0.3) is 0 Å². The second-order valence-electron chi connectivity index (χ2n) is 9.37. The van der Waals surface area contributed by atoms with Crippen molar-refractivity contribution in [1.82, 2.24) is 15.5 Å². The summed E-state index contributed by atoms with van der Waals surface area (Å²) in [6.07, 6.45) is 4.96. The van der Waals surface area contributed by atoms with Gasteiger partial charge in [0.1, 0.15) is 6.04 Å². The van der Waals surface area contributed by atoms with Crippen molar-refractivity contribution in [3.05, 3.63) is 58.7 Å². The Morgan fingerprint density at radius 1 is 1.00 bits per heavy atom. The van der Waals surface area contributed by atoms with Gasteiger partial charge >= 0.3 is 0 Å². The summed E-state index contributed by atoms with van der Waals surface area (Å²) >= 11 is 0. The first kappa shape index (κ1) is 29.2. The minimum atomic E-state index is -1.09. The largest absolute Gasteiger partial charge is 0.350 e. The van der Waals surface area contributed by atoms with Gasteiger partial charge in [0.2, 0.25) is 17.7 Å². The Morgan fingerprint density at radius 2 is 1.67 bits per heavy atom. The van der Waals surface area contributed by atoms with Gasteiger partial charge in [-0.3, -0.25) is 14.4 Å². The first-order valence-corrected chi connectivity index (χ1v) is 12.7. The van der Waals surface area contributed by atoms with Crippen LogP contribution >= 0.6 is 0 Å². The molecule has 0 saturated carbocycles. The van der Waals surface area contributed by atoms with Crippen LogP contribution in [0.2, 0.25) is 0 Å². The molecule has 2 atom stereocenters. The molecule has 198 valence electrons. The van der Waals surface area contributed by atoms with E-state index in [2.05, 4.69) is 30.6 Å². The second kappa shape index (κ2) is 15.2. The number of carbonyl (C=O) groups is 3. The Morgan fingerprint density at radius 3 is 2.31 bits per heavy atom. The fourth-order valence-corrected chi connectivity index (χ4v) is 4.13. The first-order valence-electron chi connectivity index (χ1n) is 12.7. The van der Waals surface area contributed by atoms with Crippen molar-refractivity contribution < 1.29 is 14.4 Å².